The number of ether oxygens (including phenoxy) is 2. The van der Waals surface area contributed by atoms with E-state index in [9.17, 15) is 18.0 Å². The van der Waals surface area contributed by atoms with Crippen molar-refractivity contribution >= 4 is 34.8 Å². The first-order valence-electron chi connectivity index (χ1n) is 7.25. The van der Waals surface area contributed by atoms with Crippen LogP contribution in [0.4, 0.5) is 18.9 Å². The molecule has 5 nitrogen and oxygen atoms in total. The van der Waals surface area contributed by atoms with E-state index in [1.807, 2.05) is 0 Å². The van der Waals surface area contributed by atoms with Crippen LogP contribution in [-0.2, 0) is 0 Å². The van der Waals surface area contributed by atoms with E-state index in [1.165, 1.54) is 12.4 Å². The van der Waals surface area contributed by atoms with Gasteiger partial charge in [-0.25, -0.2) is 4.39 Å². The molecule has 1 aromatic heterocycles. The van der Waals surface area contributed by atoms with Crippen molar-refractivity contribution in [3.05, 3.63) is 46.0 Å². The maximum Gasteiger partial charge on any atom is 0.387 e. The van der Waals surface area contributed by atoms with E-state index >= 15 is 0 Å². The molecule has 0 fully saturated rings. The number of aromatic nitrogens is 1. The Labute approximate surface area is 157 Å². The van der Waals surface area contributed by atoms with Gasteiger partial charge in [0.25, 0.3) is 5.91 Å². The Morgan fingerprint density at radius 3 is 2.31 bits per heavy atom. The third-order valence-corrected chi connectivity index (χ3v) is 3.54. The van der Waals surface area contributed by atoms with Gasteiger partial charge in [-0.3, -0.25) is 9.78 Å². The van der Waals surface area contributed by atoms with Crippen LogP contribution < -0.4 is 14.8 Å². The topological polar surface area (TPSA) is 60.5 Å². The average Bonchev–Trinajstić information content (AvgIpc) is 2.53. The maximum atomic E-state index is 14.7. The zero-order valence-corrected chi connectivity index (χ0v) is 15.0. The Hall–Kier alpha value is -2.19. The number of hydrogen-bond donors (Lipinski definition) is 1. The lowest BCUT2D eigenvalue weighted by Crippen LogP contribution is -2.17. The van der Waals surface area contributed by atoms with Crippen molar-refractivity contribution in [2.45, 2.75) is 26.6 Å². The van der Waals surface area contributed by atoms with Gasteiger partial charge >= 0.3 is 6.61 Å². The molecule has 0 aliphatic heterocycles. The van der Waals surface area contributed by atoms with E-state index in [0.717, 1.165) is 12.1 Å². The number of halogens is 5. The summed E-state index contributed by atoms with van der Waals surface area (Å²) in [5.41, 5.74) is -0.432. The molecule has 140 valence electrons. The third kappa shape index (κ3) is 4.70. The number of carbonyl (C=O) groups is 1. The van der Waals surface area contributed by atoms with Crippen LogP contribution in [0.3, 0.4) is 0 Å². The molecule has 1 amide bonds. The number of anilines is 1. The zero-order chi connectivity index (χ0) is 19.4. The molecular weight excluding hydrogens is 396 g/mol. The Morgan fingerprint density at radius 1 is 1.15 bits per heavy atom. The van der Waals surface area contributed by atoms with Gasteiger partial charge in [0, 0.05) is 12.4 Å². The summed E-state index contributed by atoms with van der Waals surface area (Å²) in [6.07, 6.45) is 1.94. The molecule has 10 heteroatoms. The van der Waals surface area contributed by atoms with Gasteiger partial charge in [-0.15, -0.1) is 0 Å². The molecule has 0 atom stereocenters. The zero-order valence-electron chi connectivity index (χ0n) is 13.5. The molecule has 26 heavy (non-hydrogen) atoms. The third-order valence-electron chi connectivity index (χ3n) is 2.97. The molecule has 0 unspecified atom stereocenters. The SMILES string of the molecule is CC(C)Oc1c(OC(F)F)ccc(C(=O)Nc2c(Cl)cncc2Cl)c1F. The van der Waals surface area contributed by atoms with Gasteiger partial charge < -0.3 is 14.8 Å². The van der Waals surface area contributed by atoms with Crippen LogP contribution in [0, 0.1) is 5.82 Å². The lowest BCUT2D eigenvalue weighted by atomic mass is 10.1. The summed E-state index contributed by atoms with van der Waals surface area (Å²) in [7, 11) is 0. The standard InChI is InChI=1S/C16H13Cl2F3N2O3/c1-7(2)25-14-11(26-16(20)21)4-3-8(12(14)19)15(24)23-13-9(17)5-22-6-10(13)18/h3-7,16H,1-2H3,(H,22,23,24). The summed E-state index contributed by atoms with van der Waals surface area (Å²) in [5.74, 6) is -3.19. The van der Waals surface area contributed by atoms with Crippen LogP contribution in [0.2, 0.25) is 10.0 Å². The Balaban J connectivity index is 2.41. The average molecular weight is 409 g/mol. The fraction of sp³-hybridized carbons (Fsp3) is 0.250. The minimum Gasteiger partial charge on any atom is -0.484 e. The number of hydrogen-bond acceptors (Lipinski definition) is 4. The predicted molar refractivity (Wildman–Crippen MR) is 91.0 cm³/mol. The Kier molecular flexibility index (Phi) is 6.55. The number of carbonyl (C=O) groups excluding carboxylic acids is 1. The predicted octanol–water partition coefficient (Wildman–Crippen LogP) is 5.17. The number of pyridine rings is 1. The smallest absolute Gasteiger partial charge is 0.387 e. The summed E-state index contributed by atoms with van der Waals surface area (Å²) < 4.78 is 49.1. The highest BCUT2D eigenvalue weighted by molar-refractivity contribution is 6.39. The molecule has 1 N–H and O–H groups in total. The number of amides is 1. The van der Waals surface area contributed by atoms with E-state index in [0.29, 0.717) is 0 Å². The normalized spacial score (nSPS) is 11.0. The van der Waals surface area contributed by atoms with Gasteiger partial charge in [-0.1, -0.05) is 23.2 Å². The van der Waals surface area contributed by atoms with E-state index in [2.05, 4.69) is 15.0 Å². The van der Waals surface area contributed by atoms with Gasteiger partial charge in [-0.2, -0.15) is 8.78 Å². The van der Waals surface area contributed by atoms with Crippen LogP contribution in [-0.4, -0.2) is 23.6 Å². The van der Waals surface area contributed by atoms with Crippen molar-refractivity contribution in [3.63, 3.8) is 0 Å². The minimum atomic E-state index is -3.18. The lowest BCUT2D eigenvalue weighted by Gasteiger charge is -2.17. The number of benzene rings is 1. The molecule has 0 aliphatic rings. The number of nitrogens with zero attached hydrogens (tertiary/aromatic N) is 1. The van der Waals surface area contributed by atoms with Gasteiger partial charge in [0.15, 0.2) is 17.3 Å². The Bertz CT molecular complexity index is 799. The molecule has 0 bridgehead atoms. The fourth-order valence-corrected chi connectivity index (χ4v) is 2.42. The highest BCUT2D eigenvalue weighted by Gasteiger charge is 2.24. The first kappa shape index (κ1) is 20.1. The van der Waals surface area contributed by atoms with Crippen LogP contribution >= 0.6 is 23.2 Å². The second kappa shape index (κ2) is 8.46. The van der Waals surface area contributed by atoms with E-state index in [-0.39, 0.29) is 15.7 Å². The monoisotopic (exact) mass is 408 g/mol. The highest BCUT2D eigenvalue weighted by atomic mass is 35.5. The summed E-state index contributed by atoms with van der Waals surface area (Å²) >= 11 is 11.8. The van der Waals surface area contributed by atoms with E-state index in [4.69, 9.17) is 27.9 Å². The van der Waals surface area contributed by atoms with Gasteiger partial charge in [0.05, 0.1) is 27.4 Å². The quantitative estimate of drug-likeness (QED) is 0.716. The highest BCUT2D eigenvalue weighted by Crippen LogP contribution is 2.35. The van der Waals surface area contributed by atoms with Crippen molar-refractivity contribution in [1.82, 2.24) is 4.98 Å². The van der Waals surface area contributed by atoms with Crippen molar-refractivity contribution in [2.24, 2.45) is 0 Å². The van der Waals surface area contributed by atoms with Crippen molar-refractivity contribution < 1.29 is 27.4 Å². The molecule has 2 rings (SSSR count). The van der Waals surface area contributed by atoms with Crippen LogP contribution in [0.1, 0.15) is 24.2 Å². The number of rotatable bonds is 6. The van der Waals surface area contributed by atoms with Crippen molar-refractivity contribution in [1.29, 1.82) is 0 Å². The second-order valence-corrected chi connectivity index (χ2v) is 6.05. The number of alkyl halides is 2. The number of nitrogens with one attached hydrogen (secondary N) is 1. The summed E-state index contributed by atoms with van der Waals surface area (Å²) in [5, 5.41) is 2.44. The van der Waals surface area contributed by atoms with E-state index < -0.39 is 41.5 Å². The van der Waals surface area contributed by atoms with Gasteiger partial charge in [0.1, 0.15) is 0 Å². The second-order valence-electron chi connectivity index (χ2n) is 5.23. The summed E-state index contributed by atoms with van der Waals surface area (Å²) in [6, 6.07) is 2.00. The Morgan fingerprint density at radius 2 is 1.77 bits per heavy atom. The van der Waals surface area contributed by atoms with Gasteiger partial charge in [0.2, 0.25) is 0 Å². The van der Waals surface area contributed by atoms with Crippen LogP contribution in [0.15, 0.2) is 24.5 Å². The molecule has 0 saturated heterocycles. The van der Waals surface area contributed by atoms with E-state index in [1.54, 1.807) is 13.8 Å². The largest absolute Gasteiger partial charge is 0.484 e. The molecular formula is C16H13Cl2F3N2O3. The van der Waals surface area contributed by atoms with Crippen LogP contribution in [0.25, 0.3) is 0 Å². The summed E-state index contributed by atoms with van der Waals surface area (Å²) in [4.78, 5) is 16.1. The van der Waals surface area contributed by atoms with Gasteiger partial charge in [-0.05, 0) is 26.0 Å². The lowest BCUT2D eigenvalue weighted by molar-refractivity contribution is -0.0522. The molecule has 0 radical (unpaired) electrons. The first-order valence-corrected chi connectivity index (χ1v) is 8.00. The van der Waals surface area contributed by atoms with Crippen LogP contribution in [0.5, 0.6) is 11.5 Å². The molecule has 1 aromatic carbocycles. The fourth-order valence-electron chi connectivity index (χ4n) is 1.96. The molecule has 1 heterocycles. The summed E-state index contributed by atoms with van der Waals surface area (Å²) in [6.45, 7) is -0.0537. The van der Waals surface area contributed by atoms with Crippen molar-refractivity contribution in [3.8, 4) is 11.5 Å². The molecule has 0 spiro atoms. The molecule has 2 aromatic rings. The maximum absolute atomic E-state index is 14.7. The molecule has 0 saturated carbocycles. The minimum absolute atomic E-state index is 0.0342. The molecule has 0 aliphatic carbocycles. The van der Waals surface area contributed by atoms with Crippen molar-refractivity contribution in [2.75, 3.05) is 5.32 Å². The first-order chi connectivity index (χ1) is 12.2.